The number of rotatable bonds is 60. The molecule has 6 nitrogen and oxygen atoms in total. The lowest BCUT2D eigenvalue weighted by molar-refractivity contribution is -0.143. The van der Waals surface area contributed by atoms with Crippen molar-refractivity contribution in [2.24, 2.45) is 0 Å². The first-order valence-electron chi connectivity index (χ1n) is 32.4. The Kier molecular flexibility index (Phi) is 60.5. The molecule has 0 radical (unpaired) electrons. The Hall–Kier alpha value is -2.18. The molecular formula is C67H125NO5. The van der Waals surface area contributed by atoms with E-state index in [1.54, 1.807) is 6.08 Å². The molecule has 0 aromatic heterocycles. The monoisotopic (exact) mass is 1020 g/mol. The topological polar surface area (TPSA) is 95.9 Å². The molecule has 0 saturated heterocycles. The number of aliphatic hydroxyl groups is 2. The summed E-state index contributed by atoms with van der Waals surface area (Å²) < 4.78 is 5.49. The molecule has 0 saturated carbocycles. The molecule has 2 atom stereocenters. The minimum Gasteiger partial charge on any atom is -0.466 e. The Balaban J connectivity index is 3.38. The maximum absolute atomic E-state index is 12.4. The van der Waals surface area contributed by atoms with E-state index in [0.29, 0.717) is 19.4 Å². The van der Waals surface area contributed by atoms with Crippen LogP contribution in [0.1, 0.15) is 341 Å². The molecule has 0 heterocycles. The van der Waals surface area contributed by atoms with Crippen molar-refractivity contribution in [2.45, 2.75) is 353 Å². The Bertz CT molecular complexity index is 1230. The fraction of sp³-hybridized carbons (Fsp3) is 0.851. The van der Waals surface area contributed by atoms with Gasteiger partial charge in [-0.2, -0.15) is 0 Å². The first-order chi connectivity index (χ1) is 36.0. The number of nitrogens with one attached hydrogen (secondary N) is 1. The van der Waals surface area contributed by atoms with Crippen molar-refractivity contribution >= 4 is 11.9 Å². The smallest absolute Gasteiger partial charge is 0.305 e. The normalized spacial score (nSPS) is 12.9. The van der Waals surface area contributed by atoms with Gasteiger partial charge in [-0.25, -0.2) is 0 Å². The van der Waals surface area contributed by atoms with Gasteiger partial charge < -0.3 is 20.3 Å². The predicted molar refractivity (Wildman–Crippen MR) is 319 cm³/mol. The molecule has 2 unspecified atom stereocenters. The van der Waals surface area contributed by atoms with Gasteiger partial charge in [0.2, 0.25) is 5.91 Å². The average Bonchev–Trinajstić information content (AvgIpc) is 3.39. The lowest BCUT2D eigenvalue weighted by atomic mass is 10.0. The number of carbonyl (C=O) groups excluding carboxylic acids is 2. The molecular weight excluding hydrogens is 899 g/mol. The zero-order chi connectivity index (χ0) is 52.9. The maximum Gasteiger partial charge on any atom is 0.305 e. The quantitative estimate of drug-likeness (QED) is 0.0320. The summed E-state index contributed by atoms with van der Waals surface area (Å²) in [7, 11) is 0. The fourth-order valence-corrected chi connectivity index (χ4v) is 9.84. The van der Waals surface area contributed by atoms with Gasteiger partial charge in [0.1, 0.15) is 0 Å². The second kappa shape index (κ2) is 62.4. The van der Waals surface area contributed by atoms with E-state index < -0.39 is 12.1 Å². The second-order valence-corrected chi connectivity index (χ2v) is 22.1. The first kappa shape index (κ1) is 70.8. The second-order valence-electron chi connectivity index (χ2n) is 22.1. The molecule has 0 rings (SSSR count). The number of amides is 1. The van der Waals surface area contributed by atoms with E-state index in [1.165, 1.54) is 263 Å². The molecule has 73 heavy (non-hydrogen) atoms. The van der Waals surface area contributed by atoms with Gasteiger partial charge in [-0.3, -0.25) is 9.59 Å². The van der Waals surface area contributed by atoms with Crippen molar-refractivity contribution in [1.82, 2.24) is 5.32 Å². The highest BCUT2D eigenvalue weighted by Crippen LogP contribution is 2.17. The van der Waals surface area contributed by atoms with Gasteiger partial charge in [-0.15, -0.1) is 0 Å². The first-order valence-corrected chi connectivity index (χ1v) is 32.4. The number of unbranched alkanes of at least 4 members (excludes halogenated alkanes) is 43. The molecule has 0 aliphatic rings. The lowest BCUT2D eigenvalue weighted by Crippen LogP contribution is -2.45. The van der Waals surface area contributed by atoms with E-state index in [1.807, 2.05) is 6.08 Å². The lowest BCUT2D eigenvalue weighted by Gasteiger charge is -2.20. The molecule has 0 spiro atoms. The number of ether oxygens (including phenoxy) is 1. The van der Waals surface area contributed by atoms with Gasteiger partial charge in [-0.05, 0) is 89.9 Å². The molecule has 0 aromatic rings. The van der Waals surface area contributed by atoms with E-state index in [9.17, 15) is 19.8 Å². The van der Waals surface area contributed by atoms with Crippen LogP contribution in [0.4, 0.5) is 0 Å². The zero-order valence-electron chi connectivity index (χ0n) is 48.9. The van der Waals surface area contributed by atoms with Gasteiger partial charge in [0, 0.05) is 12.8 Å². The van der Waals surface area contributed by atoms with Crippen LogP contribution >= 0.6 is 0 Å². The summed E-state index contributed by atoms with van der Waals surface area (Å²) >= 11 is 0. The summed E-state index contributed by atoms with van der Waals surface area (Å²) in [6.45, 7) is 4.88. The van der Waals surface area contributed by atoms with Crippen LogP contribution in [0.2, 0.25) is 0 Å². The Morgan fingerprint density at radius 1 is 0.384 bits per heavy atom. The fourth-order valence-electron chi connectivity index (χ4n) is 9.84. The van der Waals surface area contributed by atoms with Crippen molar-refractivity contribution in [2.75, 3.05) is 13.2 Å². The number of allylic oxidation sites excluding steroid dienone is 7. The van der Waals surface area contributed by atoms with Crippen LogP contribution < -0.4 is 5.32 Å². The van der Waals surface area contributed by atoms with Crippen molar-refractivity contribution in [3.05, 3.63) is 48.6 Å². The minimum atomic E-state index is -0.843. The summed E-state index contributed by atoms with van der Waals surface area (Å²) in [6.07, 6.45) is 80.4. The highest BCUT2D eigenvalue weighted by molar-refractivity contribution is 5.76. The van der Waals surface area contributed by atoms with Crippen LogP contribution in [0.15, 0.2) is 48.6 Å². The number of esters is 1. The molecule has 0 fully saturated rings. The number of hydrogen-bond donors (Lipinski definition) is 3. The number of aliphatic hydroxyl groups excluding tert-OH is 2. The molecule has 0 aliphatic heterocycles. The molecule has 428 valence electrons. The molecule has 0 bridgehead atoms. The molecule has 0 aromatic carbocycles. The van der Waals surface area contributed by atoms with E-state index >= 15 is 0 Å². The molecule has 6 heteroatoms. The van der Waals surface area contributed by atoms with E-state index in [4.69, 9.17) is 4.74 Å². The van der Waals surface area contributed by atoms with E-state index in [-0.39, 0.29) is 18.5 Å². The third-order valence-corrected chi connectivity index (χ3v) is 14.8. The van der Waals surface area contributed by atoms with Gasteiger partial charge in [0.25, 0.3) is 0 Å². The van der Waals surface area contributed by atoms with Crippen molar-refractivity contribution < 1.29 is 24.5 Å². The summed E-state index contributed by atoms with van der Waals surface area (Å²) in [5, 5.41) is 22.9. The molecule has 3 N–H and O–H groups in total. The van der Waals surface area contributed by atoms with Crippen LogP contribution in [0.3, 0.4) is 0 Å². The molecule has 1 amide bonds. The van der Waals surface area contributed by atoms with Crippen LogP contribution in [0.5, 0.6) is 0 Å². The summed E-state index contributed by atoms with van der Waals surface area (Å²) in [5.74, 6) is -0.0631. The van der Waals surface area contributed by atoms with Crippen LogP contribution in [-0.2, 0) is 14.3 Å². The highest BCUT2D eigenvalue weighted by Gasteiger charge is 2.18. The van der Waals surface area contributed by atoms with Crippen LogP contribution in [0, 0.1) is 0 Å². The van der Waals surface area contributed by atoms with Crippen molar-refractivity contribution in [1.29, 1.82) is 0 Å². The van der Waals surface area contributed by atoms with Gasteiger partial charge >= 0.3 is 5.97 Å². The standard InChI is InChI=1S/C67H125NO5/c1-3-5-7-9-11-13-14-15-16-17-32-35-38-41-45-49-53-57-61-67(72)73-62-58-54-50-46-42-39-36-33-30-28-26-24-22-20-18-19-21-23-25-27-29-31-34-37-40-44-48-52-56-60-66(71)68-64(63-69)65(70)59-55-51-47-43-12-10-8-6-4-2/h16-18,20,24,26,55,59,64-65,69-70H,3-15,19,21-23,25,27-54,56-58,60-63H2,1-2H3,(H,68,71)/b17-16-,20-18-,26-24-,59-55+. The molecule has 0 aliphatic carbocycles. The Morgan fingerprint density at radius 3 is 1.05 bits per heavy atom. The SMILES string of the molecule is CCCCCCCCC/C=C\CCCCCCCCCC(=O)OCCCCCCCCCCC/C=C\C/C=C\CCCCCCCCCCCCCCCC(=O)NC(CO)C(O)/C=C/CCCCCCCCC. The Morgan fingerprint density at radius 2 is 0.685 bits per heavy atom. The number of carbonyl (C=O) groups is 2. The van der Waals surface area contributed by atoms with Crippen LogP contribution in [0.25, 0.3) is 0 Å². The third kappa shape index (κ3) is 58.9. The van der Waals surface area contributed by atoms with Crippen molar-refractivity contribution in [3.8, 4) is 0 Å². The van der Waals surface area contributed by atoms with E-state index in [2.05, 4.69) is 55.6 Å². The summed E-state index contributed by atoms with van der Waals surface area (Å²) in [6, 6.07) is -0.627. The largest absolute Gasteiger partial charge is 0.466 e. The predicted octanol–water partition coefficient (Wildman–Crippen LogP) is 20.5. The summed E-state index contributed by atoms with van der Waals surface area (Å²) in [4.78, 5) is 24.5. The maximum atomic E-state index is 12.4. The third-order valence-electron chi connectivity index (χ3n) is 14.8. The van der Waals surface area contributed by atoms with Crippen molar-refractivity contribution in [3.63, 3.8) is 0 Å². The van der Waals surface area contributed by atoms with Gasteiger partial charge in [0.05, 0.1) is 25.4 Å². The van der Waals surface area contributed by atoms with Gasteiger partial charge in [0.15, 0.2) is 0 Å². The van der Waals surface area contributed by atoms with Crippen LogP contribution in [-0.4, -0.2) is 47.4 Å². The Labute approximate surface area is 455 Å². The number of hydrogen-bond acceptors (Lipinski definition) is 5. The highest BCUT2D eigenvalue weighted by atomic mass is 16.5. The minimum absolute atomic E-state index is 0.00850. The van der Waals surface area contributed by atoms with E-state index in [0.717, 1.165) is 51.4 Å². The van der Waals surface area contributed by atoms with Gasteiger partial charge in [-0.1, -0.05) is 287 Å². The average molecular weight is 1020 g/mol. The summed E-state index contributed by atoms with van der Waals surface area (Å²) in [5.41, 5.74) is 0. The zero-order valence-corrected chi connectivity index (χ0v) is 48.9.